The fraction of sp³-hybridized carbons (Fsp3) is 0.714. The average molecular weight is 264 g/mol. The van der Waals surface area contributed by atoms with E-state index >= 15 is 0 Å². The predicted molar refractivity (Wildman–Crippen MR) is 76.2 cm³/mol. The van der Waals surface area contributed by atoms with Gasteiger partial charge in [-0.05, 0) is 32.7 Å². The average Bonchev–Trinajstić information content (AvgIpc) is 2.38. The van der Waals surface area contributed by atoms with Gasteiger partial charge in [0, 0.05) is 38.6 Å². The molecule has 0 radical (unpaired) electrons. The van der Waals surface area contributed by atoms with Gasteiger partial charge in [-0.15, -0.1) is 0 Å². The lowest BCUT2D eigenvalue weighted by molar-refractivity contribution is 0.0547. The SMILES string of the molecule is CNc1cc(C)nc(CN(C)CC2CCOCC2)n1. The van der Waals surface area contributed by atoms with Crippen LogP contribution in [-0.2, 0) is 11.3 Å². The van der Waals surface area contributed by atoms with Gasteiger partial charge in [0.1, 0.15) is 11.6 Å². The lowest BCUT2D eigenvalue weighted by Crippen LogP contribution is -2.30. The Balaban J connectivity index is 1.90. The first-order valence-corrected chi connectivity index (χ1v) is 6.96. The quantitative estimate of drug-likeness (QED) is 0.877. The van der Waals surface area contributed by atoms with Crippen molar-refractivity contribution in [2.45, 2.75) is 26.3 Å². The molecular weight excluding hydrogens is 240 g/mol. The van der Waals surface area contributed by atoms with Crippen molar-refractivity contribution < 1.29 is 4.74 Å². The maximum atomic E-state index is 5.39. The molecule has 0 saturated carbocycles. The van der Waals surface area contributed by atoms with Crippen molar-refractivity contribution in [1.82, 2.24) is 14.9 Å². The lowest BCUT2D eigenvalue weighted by Gasteiger charge is -2.26. The second kappa shape index (κ2) is 6.82. The summed E-state index contributed by atoms with van der Waals surface area (Å²) in [4.78, 5) is 11.3. The summed E-state index contributed by atoms with van der Waals surface area (Å²) in [7, 11) is 4.03. The lowest BCUT2D eigenvalue weighted by atomic mass is 10.00. The Morgan fingerprint density at radius 3 is 2.79 bits per heavy atom. The van der Waals surface area contributed by atoms with Crippen LogP contribution < -0.4 is 5.32 Å². The molecule has 1 aromatic heterocycles. The Morgan fingerprint density at radius 2 is 2.11 bits per heavy atom. The molecule has 1 aromatic rings. The summed E-state index contributed by atoms with van der Waals surface area (Å²) in [6.45, 7) is 5.71. The van der Waals surface area contributed by atoms with Gasteiger partial charge in [0.2, 0.25) is 0 Å². The Bertz CT molecular complexity index is 404. The minimum Gasteiger partial charge on any atom is -0.381 e. The summed E-state index contributed by atoms with van der Waals surface area (Å²) >= 11 is 0. The predicted octanol–water partition coefficient (Wildman–Crippen LogP) is 1.69. The highest BCUT2D eigenvalue weighted by Crippen LogP contribution is 2.16. The molecular formula is C14H24N4O. The van der Waals surface area contributed by atoms with Crippen LogP contribution in [0.5, 0.6) is 0 Å². The first kappa shape index (κ1) is 14.2. The van der Waals surface area contributed by atoms with Gasteiger partial charge in [0.25, 0.3) is 0 Å². The van der Waals surface area contributed by atoms with Gasteiger partial charge >= 0.3 is 0 Å². The topological polar surface area (TPSA) is 50.3 Å². The summed E-state index contributed by atoms with van der Waals surface area (Å²) in [6.07, 6.45) is 2.33. The van der Waals surface area contributed by atoms with E-state index in [0.29, 0.717) is 0 Å². The monoisotopic (exact) mass is 264 g/mol. The number of aromatic nitrogens is 2. The highest BCUT2D eigenvalue weighted by atomic mass is 16.5. The molecule has 1 fully saturated rings. The number of anilines is 1. The maximum absolute atomic E-state index is 5.39. The highest BCUT2D eigenvalue weighted by Gasteiger charge is 2.16. The Labute approximate surface area is 115 Å². The third kappa shape index (κ3) is 4.44. The molecule has 0 aromatic carbocycles. The van der Waals surface area contributed by atoms with Crippen LogP contribution in [0.3, 0.4) is 0 Å². The molecule has 0 spiro atoms. The summed E-state index contributed by atoms with van der Waals surface area (Å²) in [5.74, 6) is 2.52. The van der Waals surface area contributed by atoms with Crippen LogP contribution >= 0.6 is 0 Å². The molecule has 106 valence electrons. The smallest absolute Gasteiger partial charge is 0.144 e. The van der Waals surface area contributed by atoms with Crippen molar-refractivity contribution >= 4 is 5.82 Å². The van der Waals surface area contributed by atoms with Gasteiger partial charge in [0.05, 0.1) is 6.54 Å². The van der Waals surface area contributed by atoms with E-state index in [-0.39, 0.29) is 0 Å². The summed E-state index contributed by atoms with van der Waals surface area (Å²) in [5, 5.41) is 3.08. The molecule has 1 aliphatic rings. The number of ether oxygens (including phenoxy) is 1. The van der Waals surface area contributed by atoms with E-state index in [0.717, 1.165) is 49.6 Å². The van der Waals surface area contributed by atoms with E-state index in [1.165, 1.54) is 12.8 Å². The number of nitrogens with zero attached hydrogens (tertiary/aromatic N) is 3. The van der Waals surface area contributed by atoms with E-state index in [4.69, 9.17) is 4.74 Å². The fourth-order valence-corrected chi connectivity index (χ4v) is 2.50. The molecule has 0 aliphatic carbocycles. The van der Waals surface area contributed by atoms with E-state index in [1.54, 1.807) is 0 Å². The third-order valence-electron chi connectivity index (χ3n) is 3.48. The molecule has 1 aliphatic heterocycles. The standard InChI is InChI=1S/C14H24N4O/c1-11-8-13(15-2)17-14(16-11)10-18(3)9-12-4-6-19-7-5-12/h8,12H,4-7,9-10H2,1-3H3,(H,15,16,17). The molecule has 0 amide bonds. The molecule has 2 rings (SSSR count). The summed E-state index contributed by atoms with van der Waals surface area (Å²) in [6, 6.07) is 1.96. The molecule has 0 unspecified atom stereocenters. The van der Waals surface area contributed by atoms with Crippen molar-refractivity contribution in [2.24, 2.45) is 5.92 Å². The van der Waals surface area contributed by atoms with Gasteiger partial charge in [-0.2, -0.15) is 0 Å². The number of nitrogens with one attached hydrogen (secondary N) is 1. The van der Waals surface area contributed by atoms with Crippen molar-refractivity contribution in [3.8, 4) is 0 Å². The fourth-order valence-electron chi connectivity index (χ4n) is 2.50. The number of rotatable bonds is 5. The second-order valence-electron chi connectivity index (χ2n) is 5.31. The normalized spacial score (nSPS) is 16.8. The van der Waals surface area contributed by atoms with E-state index in [2.05, 4.69) is 27.2 Å². The summed E-state index contributed by atoms with van der Waals surface area (Å²) in [5.41, 5.74) is 1.01. The second-order valence-corrected chi connectivity index (χ2v) is 5.31. The molecule has 1 saturated heterocycles. The molecule has 0 bridgehead atoms. The van der Waals surface area contributed by atoms with Gasteiger partial charge < -0.3 is 10.1 Å². The Kier molecular flexibility index (Phi) is 5.10. The Hall–Kier alpha value is -1.20. The van der Waals surface area contributed by atoms with Crippen LogP contribution in [0.2, 0.25) is 0 Å². The van der Waals surface area contributed by atoms with E-state index in [1.807, 2.05) is 20.0 Å². The molecule has 19 heavy (non-hydrogen) atoms. The zero-order chi connectivity index (χ0) is 13.7. The minimum absolute atomic E-state index is 0.743. The van der Waals surface area contributed by atoms with Crippen molar-refractivity contribution in [3.05, 3.63) is 17.6 Å². The molecule has 1 N–H and O–H groups in total. The number of hydrogen-bond donors (Lipinski definition) is 1. The highest BCUT2D eigenvalue weighted by molar-refractivity contribution is 5.34. The molecule has 0 atom stereocenters. The largest absolute Gasteiger partial charge is 0.381 e. The molecule has 5 nitrogen and oxygen atoms in total. The molecule has 5 heteroatoms. The van der Waals surface area contributed by atoms with Crippen LogP contribution in [0, 0.1) is 12.8 Å². The molecule has 2 heterocycles. The van der Waals surface area contributed by atoms with E-state index < -0.39 is 0 Å². The first-order valence-electron chi connectivity index (χ1n) is 6.96. The van der Waals surface area contributed by atoms with Gasteiger partial charge in [-0.3, -0.25) is 4.90 Å². The van der Waals surface area contributed by atoms with Crippen molar-refractivity contribution in [1.29, 1.82) is 0 Å². The van der Waals surface area contributed by atoms with Crippen molar-refractivity contribution in [3.63, 3.8) is 0 Å². The minimum atomic E-state index is 0.743. The van der Waals surface area contributed by atoms with Crippen LogP contribution in [0.1, 0.15) is 24.4 Å². The van der Waals surface area contributed by atoms with Crippen molar-refractivity contribution in [2.75, 3.05) is 39.2 Å². The van der Waals surface area contributed by atoms with Crippen LogP contribution in [0.15, 0.2) is 6.07 Å². The van der Waals surface area contributed by atoms with E-state index in [9.17, 15) is 0 Å². The Morgan fingerprint density at radius 1 is 1.37 bits per heavy atom. The van der Waals surface area contributed by atoms with Gasteiger partial charge in [-0.25, -0.2) is 9.97 Å². The zero-order valence-corrected chi connectivity index (χ0v) is 12.1. The number of aryl methyl sites for hydroxylation is 1. The first-order chi connectivity index (χ1) is 9.17. The number of hydrogen-bond acceptors (Lipinski definition) is 5. The van der Waals surface area contributed by atoms with Crippen LogP contribution in [-0.4, -0.2) is 48.7 Å². The van der Waals surface area contributed by atoms with Crippen LogP contribution in [0.4, 0.5) is 5.82 Å². The zero-order valence-electron chi connectivity index (χ0n) is 12.1. The third-order valence-corrected chi connectivity index (χ3v) is 3.48. The van der Waals surface area contributed by atoms with Gasteiger partial charge in [0.15, 0.2) is 0 Å². The van der Waals surface area contributed by atoms with Gasteiger partial charge in [-0.1, -0.05) is 0 Å². The summed E-state index contributed by atoms with van der Waals surface area (Å²) < 4.78 is 5.39. The maximum Gasteiger partial charge on any atom is 0.144 e. The van der Waals surface area contributed by atoms with Crippen LogP contribution in [0.25, 0.3) is 0 Å².